The smallest absolute Gasteiger partial charge is 0.272 e. The Morgan fingerprint density at radius 1 is 0.787 bits per heavy atom. The fourth-order valence-corrected chi connectivity index (χ4v) is 5.82. The summed E-state index contributed by atoms with van der Waals surface area (Å²) in [5, 5.41) is 8.58. The Labute approximate surface area is 283 Å². The maximum absolute atomic E-state index is 13.7. The van der Waals surface area contributed by atoms with E-state index in [2.05, 4.69) is 16.0 Å². The lowest BCUT2D eigenvalue weighted by molar-refractivity contribution is -0.116. The first-order valence-electron chi connectivity index (χ1n) is 14.7. The highest BCUT2D eigenvalue weighted by Gasteiger charge is 2.24. The number of nitrogens with one attached hydrogen (secondary N) is 3. The number of thioether (sulfide) groups is 1. The molecule has 47 heavy (non-hydrogen) atoms. The van der Waals surface area contributed by atoms with Gasteiger partial charge in [0.2, 0.25) is 5.91 Å². The fraction of sp³-hybridized carbons (Fsp3) is 0.0789. The monoisotopic (exact) mass is 661 g/mol. The minimum Gasteiger partial charge on any atom is -0.495 e. The molecule has 1 atom stereocenters. The molecule has 3 N–H and O–H groups in total. The highest BCUT2D eigenvalue weighted by molar-refractivity contribution is 8.00. The molecule has 0 aliphatic rings. The number of carbonyl (C=O) groups is 3. The van der Waals surface area contributed by atoms with Crippen LogP contribution in [0.15, 0.2) is 138 Å². The molecule has 1 unspecified atom stereocenters. The number of benzene rings is 5. The van der Waals surface area contributed by atoms with E-state index in [0.717, 1.165) is 21.6 Å². The van der Waals surface area contributed by atoms with Gasteiger partial charge in [-0.1, -0.05) is 90.5 Å². The van der Waals surface area contributed by atoms with Gasteiger partial charge in [-0.2, -0.15) is 0 Å². The van der Waals surface area contributed by atoms with E-state index in [0.29, 0.717) is 27.7 Å². The zero-order chi connectivity index (χ0) is 33.2. The van der Waals surface area contributed by atoms with Crippen LogP contribution in [0.5, 0.6) is 5.75 Å². The SMILES string of the molecule is COc1cc(Cl)c(C)cc1NC(=O)C(Sc1ccc(NC(=O)/C(=C/c2ccccc2)NC(=O)c2ccccc2)cc1)c1ccccc1. The Hall–Kier alpha value is -5.31. The first-order chi connectivity index (χ1) is 22.8. The van der Waals surface area contributed by atoms with Crippen molar-refractivity contribution in [3.63, 3.8) is 0 Å². The van der Waals surface area contributed by atoms with Gasteiger partial charge < -0.3 is 20.7 Å². The van der Waals surface area contributed by atoms with Gasteiger partial charge in [0.05, 0.1) is 12.8 Å². The van der Waals surface area contributed by atoms with Gasteiger partial charge in [0.1, 0.15) is 16.7 Å². The molecule has 0 saturated heterocycles. The van der Waals surface area contributed by atoms with Crippen LogP contribution in [0.1, 0.15) is 32.3 Å². The Bertz CT molecular complexity index is 1880. The zero-order valence-electron chi connectivity index (χ0n) is 25.7. The number of anilines is 2. The Morgan fingerprint density at radius 2 is 1.40 bits per heavy atom. The summed E-state index contributed by atoms with van der Waals surface area (Å²) in [6.07, 6.45) is 1.63. The molecule has 9 heteroatoms. The van der Waals surface area contributed by atoms with Crippen molar-refractivity contribution in [2.45, 2.75) is 17.1 Å². The van der Waals surface area contributed by atoms with Gasteiger partial charge in [-0.3, -0.25) is 14.4 Å². The van der Waals surface area contributed by atoms with E-state index in [1.54, 1.807) is 54.6 Å². The molecule has 236 valence electrons. The maximum Gasteiger partial charge on any atom is 0.272 e. The van der Waals surface area contributed by atoms with Gasteiger partial charge in [-0.15, -0.1) is 11.8 Å². The van der Waals surface area contributed by atoms with Crippen molar-refractivity contribution in [2.75, 3.05) is 17.7 Å². The van der Waals surface area contributed by atoms with Crippen LogP contribution >= 0.6 is 23.4 Å². The summed E-state index contributed by atoms with van der Waals surface area (Å²) in [7, 11) is 1.53. The van der Waals surface area contributed by atoms with Crippen molar-refractivity contribution in [1.82, 2.24) is 5.32 Å². The summed E-state index contributed by atoms with van der Waals surface area (Å²) in [5.41, 5.74) is 3.97. The van der Waals surface area contributed by atoms with Gasteiger partial charge in [-0.25, -0.2) is 0 Å². The maximum atomic E-state index is 13.7. The van der Waals surface area contributed by atoms with E-state index in [-0.39, 0.29) is 11.6 Å². The fourth-order valence-electron chi connectivity index (χ4n) is 4.64. The molecule has 5 aromatic carbocycles. The molecule has 0 fully saturated rings. The number of methoxy groups -OCH3 is 1. The molecule has 0 heterocycles. The highest BCUT2D eigenvalue weighted by atomic mass is 35.5. The second-order valence-corrected chi connectivity index (χ2v) is 12.1. The quantitative estimate of drug-likeness (QED) is 0.0974. The lowest BCUT2D eigenvalue weighted by atomic mass is 10.1. The van der Waals surface area contributed by atoms with Crippen LogP contribution < -0.4 is 20.7 Å². The van der Waals surface area contributed by atoms with Crippen LogP contribution in [0, 0.1) is 6.92 Å². The second kappa shape index (κ2) is 15.8. The summed E-state index contributed by atoms with van der Waals surface area (Å²) in [6.45, 7) is 1.86. The minimum absolute atomic E-state index is 0.0946. The van der Waals surface area contributed by atoms with E-state index >= 15 is 0 Å². The van der Waals surface area contributed by atoms with E-state index in [4.69, 9.17) is 16.3 Å². The molecule has 7 nitrogen and oxygen atoms in total. The van der Waals surface area contributed by atoms with Crippen LogP contribution in [0.25, 0.3) is 6.08 Å². The summed E-state index contributed by atoms with van der Waals surface area (Å²) < 4.78 is 5.46. The van der Waals surface area contributed by atoms with Crippen LogP contribution in [0.2, 0.25) is 5.02 Å². The summed E-state index contributed by atoms with van der Waals surface area (Å²) >= 11 is 7.64. The molecular weight excluding hydrogens is 630 g/mol. The Morgan fingerprint density at radius 3 is 2.04 bits per heavy atom. The van der Waals surface area contributed by atoms with E-state index in [1.807, 2.05) is 85.8 Å². The number of rotatable bonds is 11. The lowest BCUT2D eigenvalue weighted by Gasteiger charge is -2.19. The molecule has 0 bridgehead atoms. The van der Waals surface area contributed by atoms with Crippen molar-refractivity contribution in [3.8, 4) is 5.75 Å². The Kier molecular flexibility index (Phi) is 11.1. The first-order valence-corrected chi connectivity index (χ1v) is 16.0. The number of amides is 3. The average molecular weight is 662 g/mol. The third-order valence-corrected chi connectivity index (χ3v) is 8.76. The highest BCUT2D eigenvalue weighted by Crippen LogP contribution is 2.38. The van der Waals surface area contributed by atoms with E-state index in [1.165, 1.54) is 18.9 Å². The number of hydrogen-bond acceptors (Lipinski definition) is 5. The third-order valence-electron chi connectivity index (χ3n) is 7.08. The second-order valence-electron chi connectivity index (χ2n) is 10.5. The van der Waals surface area contributed by atoms with Gasteiger partial charge in [0.25, 0.3) is 11.8 Å². The topological polar surface area (TPSA) is 96.5 Å². The summed E-state index contributed by atoms with van der Waals surface area (Å²) in [5.74, 6) is -0.645. The summed E-state index contributed by atoms with van der Waals surface area (Å²) in [6, 6.07) is 38.1. The van der Waals surface area contributed by atoms with E-state index in [9.17, 15) is 14.4 Å². The van der Waals surface area contributed by atoms with Crippen molar-refractivity contribution in [2.24, 2.45) is 0 Å². The molecule has 5 rings (SSSR count). The Balaban J connectivity index is 1.33. The average Bonchev–Trinajstić information content (AvgIpc) is 3.10. The zero-order valence-corrected chi connectivity index (χ0v) is 27.3. The molecule has 0 aromatic heterocycles. The van der Waals surface area contributed by atoms with Gasteiger partial charge in [-0.05, 0) is 72.2 Å². The van der Waals surface area contributed by atoms with Crippen LogP contribution in [-0.2, 0) is 9.59 Å². The van der Waals surface area contributed by atoms with Crippen molar-refractivity contribution in [1.29, 1.82) is 0 Å². The predicted octanol–water partition coefficient (Wildman–Crippen LogP) is 8.54. The molecule has 0 radical (unpaired) electrons. The number of halogens is 1. The number of hydrogen-bond donors (Lipinski definition) is 3. The van der Waals surface area contributed by atoms with Crippen molar-refractivity contribution < 1.29 is 19.1 Å². The largest absolute Gasteiger partial charge is 0.495 e. The van der Waals surface area contributed by atoms with E-state index < -0.39 is 17.1 Å². The van der Waals surface area contributed by atoms with Gasteiger partial charge >= 0.3 is 0 Å². The van der Waals surface area contributed by atoms with Crippen LogP contribution in [0.3, 0.4) is 0 Å². The van der Waals surface area contributed by atoms with Crippen molar-refractivity contribution >= 4 is 58.5 Å². The number of aryl methyl sites for hydroxylation is 1. The van der Waals surface area contributed by atoms with Gasteiger partial charge in [0, 0.05) is 27.2 Å². The van der Waals surface area contributed by atoms with Crippen LogP contribution in [-0.4, -0.2) is 24.8 Å². The molecule has 5 aromatic rings. The molecule has 3 amide bonds. The molecular formula is C38H32ClN3O4S. The number of ether oxygens (including phenoxy) is 1. The number of carbonyl (C=O) groups excluding carboxylic acids is 3. The molecule has 0 aliphatic carbocycles. The molecule has 0 spiro atoms. The minimum atomic E-state index is -0.592. The summed E-state index contributed by atoms with van der Waals surface area (Å²) in [4.78, 5) is 40.8. The van der Waals surface area contributed by atoms with Crippen LogP contribution in [0.4, 0.5) is 11.4 Å². The predicted molar refractivity (Wildman–Crippen MR) is 190 cm³/mol. The van der Waals surface area contributed by atoms with Crippen molar-refractivity contribution in [3.05, 3.63) is 160 Å². The molecule has 0 saturated carbocycles. The van der Waals surface area contributed by atoms with Gasteiger partial charge in [0.15, 0.2) is 0 Å². The molecule has 0 aliphatic heterocycles. The standard InChI is InChI=1S/C38H32ClN3O4S/c1-25-22-32(34(46-2)24-31(25)39)41-38(45)35(27-14-8-4-9-15-27)47-30-20-18-29(19-21-30)40-37(44)33(23-26-12-6-3-7-13-26)42-36(43)28-16-10-5-11-17-28/h3-24,35H,1-2H3,(H,40,44)(H,41,45)(H,42,43)/b33-23-. The lowest BCUT2D eigenvalue weighted by Crippen LogP contribution is -2.30. The normalized spacial score (nSPS) is 11.7. The first kappa shape index (κ1) is 33.1. The third kappa shape index (κ3) is 8.91.